The third kappa shape index (κ3) is 6.19. The molecule has 104 valence electrons. The molecule has 7 heteroatoms. The maximum atomic E-state index is 11.5. The highest BCUT2D eigenvalue weighted by Crippen LogP contribution is 2.05. The van der Waals surface area contributed by atoms with Crippen LogP contribution in [-0.2, 0) is 16.1 Å². The van der Waals surface area contributed by atoms with Gasteiger partial charge in [-0.25, -0.2) is 0 Å². The van der Waals surface area contributed by atoms with Crippen LogP contribution in [0.2, 0.25) is 0 Å². The molecule has 0 aliphatic carbocycles. The topological polar surface area (TPSA) is 88.4 Å². The monoisotopic (exact) mass is 330 g/mol. The molecule has 0 aliphatic rings. The Kier molecular flexibility index (Phi) is 6.27. The molecule has 2 N–H and O–H groups in total. The highest BCUT2D eigenvalue weighted by molar-refractivity contribution is 9.10. The number of halogens is 1. The fourth-order valence-electron chi connectivity index (χ4n) is 1.48. The average molecular weight is 331 g/mol. The molecule has 1 amide bonds. The Balaban J connectivity index is 2.30. The number of carboxylic acids is 1. The number of nitrogens with zero attached hydrogens (tertiary/aromatic N) is 1. The Morgan fingerprint density at radius 1 is 1.32 bits per heavy atom. The second-order valence-corrected chi connectivity index (χ2v) is 4.89. The number of aryl methyl sites for hydroxylation is 1. The van der Waals surface area contributed by atoms with E-state index in [4.69, 9.17) is 5.11 Å². The highest BCUT2D eigenvalue weighted by Gasteiger charge is 2.03. The summed E-state index contributed by atoms with van der Waals surface area (Å²) in [6, 6.07) is 3.12. The highest BCUT2D eigenvalue weighted by atomic mass is 79.9. The van der Waals surface area contributed by atoms with E-state index in [9.17, 15) is 14.4 Å². The summed E-state index contributed by atoms with van der Waals surface area (Å²) in [6.07, 6.45) is 2.37. The number of hydrogen-bond acceptors (Lipinski definition) is 3. The van der Waals surface area contributed by atoms with Crippen LogP contribution < -0.4 is 10.9 Å². The van der Waals surface area contributed by atoms with Gasteiger partial charge in [0.25, 0.3) is 5.56 Å². The van der Waals surface area contributed by atoms with Crippen molar-refractivity contribution < 1.29 is 14.7 Å². The van der Waals surface area contributed by atoms with Crippen LogP contribution in [0.1, 0.15) is 19.3 Å². The first kappa shape index (κ1) is 15.4. The van der Waals surface area contributed by atoms with Crippen molar-refractivity contribution >= 4 is 27.8 Å². The van der Waals surface area contributed by atoms with Crippen molar-refractivity contribution in [2.45, 2.75) is 25.8 Å². The fraction of sp³-hybridized carbons (Fsp3) is 0.417. The maximum Gasteiger partial charge on any atom is 0.305 e. The summed E-state index contributed by atoms with van der Waals surface area (Å²) in [5, 5.41) is 10.9. The van der Waals surface area contributed by atoms with Gasteiger partial charge in [-0.15, -0.1) is 0 Å². The van der Waals surface area contributed by atoms with E-state index in [0.717, 1.165) is 4.47 Å². The van der Waals surface area contributed by atoms with E-state index in [1.165, 1.54) is 10.6 Å². The molecule has 1 aromatic heterocycles. The summed E-state index contributed by atoms with van der Waals surface area (Å²) < 4.78 is 2.33. The first-order valence-corrected chi connectivity index (χ1v) is 6.63. The van der Waals surface area contributed by atoms with Crippen molar-refractivity contribution in [3.05, 3.63) is 33.2 Å². The quantitative estimate of drug-likeness (QED) is 0.780. The summed E-state index contributed by atoms with van der Waals surface area (Å²) in [5.41, 5.74) is -0.116. The van der Waals surface area contributed by atoms with Gasteiger partial charge in [-0.3, -0.25) is 14.4 Å². The smallest absolute Gasteiger partial charge is 0.305 e. The maximum absolute atomic E-state index is 11.5. The molecule has 19 heavy (non-hydrogen) atoms. The molecule has 1 heterocycles. The fourth-order valence-corrected chi connectivity index (χ4v) is 1.86. The van der Waals surface area contributed by atoms with Crippen molar-refractivity contribution in [3.63, 3.8) is 0 Å². The number of aromatic nitrogens is 1. The first-order chi connectivity index (χ1) is 8.99. The number of carboxylic acid groups (broad SMARTS) is 1. The van der Waals surface area contributed by atoms with E-state index in [1.807, 2.05) is 0 Å². The number of pyridine rings is 1. The molecule has 0 spiro atoms. The van der Waals surface area contributed by atoms with E-state index >= 15 is 0 Å². The molecule has 0 aliphatic heterocycles. The van der Waals surface area contributed by atoms with Crippen molar-refractivity contribution in [1.29, 1.82) is 0 Å². The minimum atomic E-state index is -0.944. The van der Waals surface area contributed by atoms with E-state index in [-0.39, 0.29) is 30.9 Å². The van der Waals surface area contributed by atoms with Gasteiger partial charge in [0.15, 0.2) is 0 Å². The average Bonchev–Trinajstić information content (AvgIpc) is 2.33. The van der Waals surface area contributed by atoms with Gasteiger partial charge in [0, 0.05) is 36.2 Å². The van der Waals surface area contributed by atoms with Gasteiger partial charge in [-0.2, -0.15) is 0 Å². The minimum Gasteiger partial charge on any atom is -0.481 e. The van der Waals surface area contributed by atoms with Crippen LogP contribution in [0.25, 0.3) is 0 Å². The molecule has 6 nitrogen and oxygen atoms in total. The standard InChI is InChI=1S/C12H15BrN2O4/c13-9-3-4-11(17)15(8-9)7-1-2-10(16)14-6-5-12(18)19/h3-4,8H,1-2,5-7H2,(H,14,16)(H,18,19). The summed E-state index contributed by atoms with van der Waals surface area (Å²) in [4.78, 5) is 33.1. The van der Waals surface area contributed by atoms with Crippen LogP contribution in [-0.4, -0.2) is 28.1 Å². The lowest BCUT2D eigenvalue weighted by Gasteiger charge is -2.06. The summed E-state index contributed by atoms with van der Waals surface area (Å²) in [6.45, 7) is 0.579. The van der Waals surface area contributed by atoms with Gasteiger partial charge in [0.05, 0.1) is 6.42 Å². The zero-order valence-corrected chi connectivity index (χ0v) is 11.9. The largest absolute Gasteiger partial charge is 0.481 e. The molecule has 0 saturated heterocycles. The van der Waals surface area contributed by atoms with E-state index < -0.39 is 5.97 Å². The molecule has 0 atom stereocenters. The van der Waals surface area contributed by atoms with Crippen molar-refractivity contribution in [2.75, 3.05) is 6.54 Å². The number of aliphatic carboxylic acids is 1. The minimum absolute atomic E-state index is 0.0865. The molecule has 1 aromatic rings. The van der Waals surface area contributed by atoms with Gasteiger partial charge >= 0.3 is 5.97 Å². The summed E-state index contributed by atoms with van der Waals surface area (Å²) >= 11 is 3.27. The van der Waals surface area contributed by atoms with Crippen LogP contribution in [0.5, 0.6) is 0 Å². The number of rotatable bonds is 7. The molecular formula is C12H15BrN2O4. The van der Waals surface area contributed by atoms with Gasteiger partial charge in [-0.05, 0) is 28.4 Å². The molecule has 0 radical (unpaired) electrons. The van der Waals surface area contributed by atoms with Gasteiger partial charge in [0.2, 0.25) is 5.91 Å². The van der Waals surface area contributed by atoms with Gasteiger partial charge in [0.1, 0.15) is 0 Å². The predicted octanol–water partition coefficient (Wildman–Crippen LogP) is 0.982. The molecule has 0 unspecified atom stereocenters. The van der Waals surface area contributed by atoms with Crippen molar-refractivity contribution in [2.24, 2.45) is 0 Å². The lowest BCUT2D eigenvalue weighted by molar-refractivity contribution is -0.136. The van der Waals surface area contributed by atoms with E-state index in [0.29, 0.717) is 13.0 Å². The summed E-state index contributed by atoms with van der Waals surface area (Å²) in [7, 11) is 0. The van der Waals surface area contributed by atoms with Crippen LogP contribution in [0, 0.1) is 0 Å². The second kappa shape index (κ2) is 7.73. The normalized spacial score (nSPS) is 10.2. The number of carbonyl (C=O) groups excluding carboxylic acids is 1. The Morgan fingerprint density at radius 2 is 2.05 bits per heavy atom. The van der Waals surface area contributed by atoms with Crippen molar-refractivity contribution in [3.8, 4) is 0 Å². The van der Waals surface area contributed by atoms with Crippen LogP contribution >= 0.6 is 15.9 Å². The summed E-state index contributed by atoms with van der Waals surface area (Å²) in [5.74, 6) is -1.15. The first-order valence-electron chi connectivity index (χ1n) is 5.83. The van der Waals surface area contributed by atoms with Crippen LogP contribution in [0.3, 0.4) is 0 Å². The Labute approximate surface area is 118 Å². The number of nitrogens with one attached hydrogen (secondary N) is 1. The molecule has 0 aromatic carbocycles. The Bertz CT molecular complexity index is 513. The SMILES string of the molecule is O=C(O)CCNC(=O)CCCn1cc(Br)ccc1=O. The Morgan fingerprint density at radius 3 is 2.74 bits per heavy atom. The molecule has 0 fully saturated rings. The number of carbonyl (C=O) groups is 2. The van der Waals surface area contributed by atoms with E-state index in [2.05, 4.69) is 21.2 Å². The van der Waals surface area contributed by atoms with E-state index in [1.54, 1.807) is 12.3 Å². The number of hydrogen-bond donors (Lipinski definition) is 2. The lowest BCUT2D eigenvalue weighted by atomic mass is 10.3. The Hall–Kier alpha value is -1.63. The molecule has 0 bridgehead atoms. The number of amides is 1. The molecule has 0 saturated carbocycles. The van der Waals surface area contributed by atoms with Gasteiger partial charge in [-0.1, -0.05) is 0 Å². The van der Waals surface area contributed by atoms with Gasteiger partial charge < -0.3 is 15.0 Å². The van der Waals surface area contributed by atoms with Crippen LogP contribution in [0.4, 0.5) is 0 Å². The zero-order valence-electron chi connectivity index (χ0n) is 10.3. The molecular weight excluding hydrogens is 316 g/mol. The zero-order chi connectivity index (χ0) is 14.3. The third-order valence-electron chi connectivity index (χ3n) is 2.41. The molecule has 1 rings (SSSR count). The van der Waals surface area contributed by atoms with Crippen LogP contribution in [0.15, 0.2) is 27.6 Å². The lowest BCUT2D eigenvalue weighted by Crippen LogP contribution is -2.26. The predicted molar refractivity (Wildman–Crippen MR) is 72.9 cm³/mol. The third-order valence-corrected chi connectivity index (χ3v) is 2.88. The second-order valence-electron chi connectivity index (χ2n) is 3.98. The van der Waals surface area contributed by atoms with Crippen molar-refractivity contribution in [1.82, 2.24) is 9.88 Å².